The molecule has 0 aliphatic rings. The first-order valence-electron chi connectivity index (χ1n) is 12.2. The summed E-state index contributed by atoms with van der Waals surface area (Å²) in [4.78, 5) is 0. The first-order chi connectivity index (χ1) is 16.9. The van der Waals surface area contributed by atoms with Gasteiger partial charge in [0.1, 0.15) is 0 Å². The smallest absolute Gasteiger partial charge is 0.679 e. The SMILES string of the molecule is C[Si](C)([NH-])C(P)(c1ccccc1)c1ccccc1.C[Si](C)([NH-])C(P)(c1ccccc1)c1ccccc1.Cl.Cl.Cl.[Zr+2]. The van der Waals surface area contributed by atoms with Crippen molar-refractivity contribution < 1.29 is 26.2 Å². The zero-order valence-electron chi connectivity index (χ0n) is 23.4. The third kappa shape index (κ3) is 9.42. The minimum Gasteiger partial charge on any atom is -0.679 e. The molecule has 2 N–H and O–H groups in total. The predicted octanol–water partition coefficient (Wildman–Crippen LogP) is 10.5. The van der Waals surface area contributed by atoms with E-state index in [0.717, 1.165) is 0 Å². The van der Waals surface area contributed by atoms with Gasteiger partial charge in [-0.05, 0) is 38.7 Å². The van der Waals surface area contributed by atoms with E-state index in [1.54, 1.807) is 0 Å². The molecule has 0 fully saturated rings. The zero-order valence-corrected chi connectivity index (χ0v) is 32.6. The van der Waals surface area contributed by atoms with Crippen molar-refractivity contribution in [1.29, 1.82) is 0 Å². The van der Waals surface area contributed by atoms with Crippen LogP contribution in [0.3, 0.4) is 0 Å². The first-order valence-corrected chi connectivity index (χ1v) is 19.4. The number of hydrogen-bond donors (Lipinski definition) is 0. The summed E-state index contributed by atoms with van der Waals surface area (Å²) in [5.74, 6) is 0. The Kier molecular flexibility index (Phi) is 18.7. The van der Waals surface area contributed by atoms with Crippen LogP contribution in [-0.4, -0.2) is 16.5 Å². The molecule has 0 spiro atoms. The molecule has 4 rings (SSSR count). The van der Waals surface area contributed by atoms with E-state index in [9.17, 15) is 0 Å². The quantitative estimate of drug-likeness (QED) is 0.139. The van der Waals surface area contributed by atoms with E-state index in [2.05, 4.69) is 142 Å². The Morgan fingerprint density at radius 2 is 0.575 bits per heavy atom. The molecule has 4 aromatic rings. The summed E-state index contributed by atoms with van der Waals surface area (Å²) in [5.41, 5.74) is 4.86. The van der Waals surface area contributed by atoms with Crippen LogP contribution < -0.4 is 0 Å². The largest absolute Gasteiger partial charge is 2.00 e. The van der Waals surface area contributed by atoms with Crippen molar-refractivity contribution in [3.05, 3.63) is 154 Å². The number of hydrogen-bond acceptors (Lipinski definition) is 0. The van der Waals surface area contributed by atoms with E-state index in [4.69, 9.17) is 10.8 Å². The second kappa shape index (κ2) is 17.8. The summed E-state index contributed by atoms with van der Waals surface area (Å²) in [6.07, 6.45) is 0. The van der Waals surface area contributed by atoms with Crippen molar-refractivity contribution in [3.8, 4) is 0 Å². The average Bonchev–Trinajstić information content (AvgIpc) is 2.89. The summed E-state index contributed by atoms with van der Waals surface area (Å²) in [7, 11) is 1.57. The molecule has 0 saturated carbocycles. The van der Waals surface area contributed by atoms with Gasteiger partial charge < -0.3 is 10.8 Å². The van der Waals surface area contributed by atoms with Crippen LogP contribution in [0, 0.1) is 0 Å². The Morgan fingerprint density at radius 1 is 0.425 bits per heavy atom. The van der Waals surface area contributed by atoms with E-state index in [1.165, 1.54) is 22.3 Å². The molecule has 0 saturated heterocycles. The molecule has 0 bridgehead atoms. The topological polar surface area (TPSA) is 47.6 Å². The van der Waals surface area contributed by atoms with Crippen LogP contribution in [-0.2, 0) is 35.8 Å². The van der Waals surface area contributed by atoms with E-state index >= 15 is 0 Å². The van der Waals surface area contributed by atoms with Crippen LogP contribution in [0.1, 0.15) is 22.3 Å². The third-order valence-electron chi connectivity index (χ3n) is 6.89. The molecule has 40 heavy (non-hydrogen) atoms. The molecule has 4 aromatic carbocycles. The monoisotopic (exact) mass is 742 g/mol. The molecule has 0 amide bonds. The Morgan fingerprint density at radius 3 is 0.700 bits per heavy atom. The third-order valence-corrected chi connectivity index (χ3v) is 17.6. The summed E-state index contributed by atoms with van der Waals surface area (Å²) in [6, 6.07) is 41.6. The second-order valence-corrected chi connectivity index (χ2v) is 21.3. The molecule has 0 aliphatic heterocycles. The second-order valence-electron chi connectivity index (χ2n) is 10.3. The molecule has 2 nitrogen and oxygen atoms in total. The summed E-state index contributed by atoms with van der Waals surface area (Å²) in [5, 5.41) is 17.4. The molecule has 2 unspecified atom stereocenters. The Bertz CT molecular complexity index is 1050. The van der Waals surface area contributed by atoms with Gasteiger partial charge in [-0.25, -0.2) is 0 Å². The van der Waals surface area contributed by atoms with Crippen LogP contribution >= 0.6 is 55.7 Å². The number of nitrogens with one attached hydrogen (secondary N) is 2. The predicted molar refractivity (Wildman–Crippen MR) is 192 cm³/mol. The Balaban J connectivity index is 0. The van der Waals surface area contributed by atoms with Gasteiger partial charge in [0.05, 0.1) is 0 Å². The van der Waals surface area contributed by atoms with E-state index in [-0.39, 0.29) is 73.0 Å². The molecule has 0 aliphatic carbocycles. The van der Waals surface area contributed by atoms with Crippen molar-refractivity contribution in [2.75, 3.05) is 0 Å². The van der Waals surface area contributed by atoms with Gasteiger partial charge in [0.25, 0.3) is 0 Å². The maximum Gasteiger partial charge on any atom is 2.00 e. The van der Waals surface area contributed by atoms with Crippen LogP contribution in [0.25, 0.3) is 10.8 Å². The van der Waals surface area contributed by atoms with Crippen molar-refractivity contribution in [1.82, 2.24) is 0 Å². The first kappa shape index (κ1) is 42.0. The number of rotatable bonds is 6. The summed E-state index contributed by atoms with van der Waals surface area (Å²) in [6.45, 7) is 8.39. The van der Waals surface area contributed by atoms with Gasteiger partial charge >= 0.3 is 26.2 Å². The Labute approximate surface area is 286 Å². The maximum atomic E-state index is 8.68. The van der Waals surface area contributed by atoms with Gasteiger partial charge in [0.2, 0.25) is 0 Å². The van der Waals surface area contributed by atoms with Gasteiger partial charge in [-0.3, -0.25) is 0 Å². The van der Waals surface area contributed by atoms with Gasteiger partial charge in [0.15, 0.2) is 0 Å². The fourth-order valence-electron chi connectivity index (χ4n) is 4.58. The standard InChI is InChI=1S/2C15H19NPSi.3ClH.Zr/c2*1-18(2,16)15(17,13-9-5-3-6-10-13)14-11-7-4-8-12-14;;;;/h2*3-12,16H,17H2,1-2H3;3*1H;/q2*-1;;;;+2. The molecule has 2 atom stereocenters. The van der Waals surface area contributed by atoms with E-state index in [0.29, 0.717) is 0 Å². The minimum atomic E-state index is -2.18. The fourth-order valence-corrected chi connectivity index (χ4v) is 8.90. The zero-order chi connectivity index (χ0) is 26.5. The van der Waals surface area contributed by atoms with Crippen LogP contribution in [0.4, 0.5) is 0 Å². The Hall–Kier alpha value is -0.153. The van der Waals surface area contributed by atoms with Crippen LogP contribution in [0.15, 0.2) is 121 Å². The van der Waals surface area contributed by atoms with Gasteiger partial charge in [0, 0.05) is 9.56 Å². The molecular formula is C30H41Cl3N2P2Si2Zr. The number of benzene rings is 4. The van der Waals surface area contributed by atoms with Gasteiger partial charge in [-0.15, -0.1) is 55.7 Å². The molecule has 214 valence electrons. The van der Waals surface area contributed by atoms with Crippen molar-refractivity contribution in [2.45, 2.75) is 35.7 Å². The van der Waals surface area contributed by atoms with Crippen molar-refractivity contribution in [3.63, 3.8) is 0 Å². The van der Waals surface area contributed by atoms with E-state index < -0.39 is 16.5 Å². The summed E-state index contributed by atoms with van der Waals surface area (Å²) < 4.78 is -0.509. The van der Waals surface area contributed by atoms with Crippen LogP contribution in [0.2, 0.25) is 26.2 Å². The maximum absolute atomic E-state index is 8.68. The summed E-state index contributed by atoms with van der Waals surface area (Å²) >= 11 is 0. The van der Waals surface area contributed by atoms with Crippen molar-refractivity contribution in [2.24, 2.45) is 0 Å². The molecule has 0 aromatic heterocycles. The molecule has 0 heterocycles. The minimum absolute atomic E-state index is 0. The van der Waals surface area contributed by atoms with Gasteiger partial charge in [-0.2, -0.15) is 0 Å². The van der Waals surface area contributed by atoms with E-state index in [1.807, 2.05) is 24.3 Å². The van der Waals surface area contributed by atoms with Crippen molar-refractivity contribution >= 4 is 72.2 Å². The van der Waals surface area contributed by atoms with Crippen LogP contribution in [0.5, 0.6) is 0 Å². The number of halogens is 3. The molecule has 0 radical (unpaired) electrons. The normalized spacial score (nSPS) is 11.2. The average molecular weight is 745 g/mol. The fraction of sp³-hybridized carbons (Fsp3) is 0.200. The molecular weight excluding hydrogens is 704 g/mol. The van der Waals surface area contributed by atoms with Gasteiger partial charge in [-0.1, -0.05) is 148 Å². The molecule has 10 heteroatoms.